The van der Waals surface area contributed by atoms with Crippen molar-refractivity contribution in [3.05, 3.63) is 40.1 Å². The molecule has 0 radical (unpaired) electrons. The fourth-order valence-electron chi connectivity index (χ4n) is 1.81. The molecule has 0 aliphatic rings. The number of hydrogen-bond acceptors (Lipinski definition) is 6. The number of rotatable bonds is 7. The van der Waals surface area contributed by atoms with Crippen molar-refractivity contribution >= 4 is 17.3 Å². The minimum Gasteiger partial charge on any atom is -0.457 e. The minimum absolute atomic E-state index is 0.164. The van der Waals surface area contributed by atoms with Crippen molar-refractivity contribution in [3.8, 4) is 0 Å². The molecule has 2 rings (SSSR count). The van der Waals surface area contributed by atoms with Gasteiger partial charge in [0.25, 0.3) is 0 Å². The average Bonchev–Trinajstić information content (AvgIpc) is 3.05. The molecule has 0 fully saturated rings. The van der Waals surface area contributed by atoms with Gasteiger partial charge in [-0.15, -0.1) is 16.4 Å². The fraction of sp³-hybridized carbons (Fsp3) is 0.429. The maximum Gasteiger partial charge on any atom is 0.361 e. The summed E-state index contributed by atoms with van der Waals surface area (Å²) in [7, 11) is 0. The number of carbonyl (C=O) groups is 1. The van der Waals surface area contributed by atoms with Gasteiger partial charge in [-0.25, -0.2) is 14.5 Å². The van der Waals surface area contributed by atoms with E-state index in [9.17, 15) is 4.79 Å². The van der Waals surface area contributed by atoms with E-state index in [1.54, 1.807) is 22.9 Å². The van der Waals surface area contributed by atoms with E-state index in [1.165, 1.54) is 6.08 Å². The summed E-state index contributed by atoms with van der Waals surface area (Å²) in [6.45, 7) is 8.10. The highest BCUT2D eigenvalue weighted by atomic mass is 32.1. The van der Waals surface area contributed by atoms with E-state index in [0.29, 0.717) is 12.2 Å². The first-order valence-corrected chi connectivity index (χ1v) is 7.65. The Kier molecular flexibility index (Phi) is 5.21. The summed E-state index contributed by atoms with van der Waals surface area (Å²) in [5.41, 5.74) is 1.84. The summed E-state index contributed by atoms with van der Waals surface area (Å²) in [5, 5.41) is 11.0. The highest BCUT2D eigenvalue weighted by molar-refractivity contribution is 7.09. The van der Waals surface area contributed by atoms with Crippen LogP contribution in [0.15, 0.2) is 18.0 Å². The van der Waals surface area contributed by atoms with Crippen molar-refractivity contribution in [2.24, 2.45) is 0 Å². The van der Waals surface area contributed by atoms with Crippen molar-refractivity contribution < 1.29 is 9.53 Å². The molecule has 2 aromatic rings. The van der Waals surface area contributed by atoms with Gasteiger partial charge >= 0.3 is 5.97 Å². The molecular formula is C14H18N4O2S. The maximum absolute atomic E-state index is 11.8. The average molecular weight is 306 g/mol. The normalized spacial score (nSPS) is 10.6. The number of esters is 1. The van der Waals surface area contributed by atoms with E-state index in [-0.39, 0.29) is 12.3 Å². The Morgan fingerprint density at radius 2 is 2.38 bits per heavy atom. The third-order valence-electron chi connectivity index (χ3n) is 2.88. The van der Waals surface area contributed by atoms with Gasteiger partial charge in [0.1, 0.15) is 6.61 Å². The Hall–Kier alpha value is -2.02. The minimum atomic E-state index is -0.483. The van der Waals surface area contributed by atoms with Crippen molar-refractivity contribution in [2.45, 2.75) is 33.2 Å². The summed E-state index contributed by atoms with van der Waals surface area (Å²) < 4.78 is 6.63. The quantitative estimate of drug-likeness (QED) is 0.580. The predicted molar refractivity (Wildman–Crippen MR) is 80.4 cm³/mol. The zero-order valence-electron chi connectivity index (χ0n) is 12.2. The molecule has 0 N–H and O–H groups in total. The summed E-state index contributed by atoms with van der Waals surface area (Å²) in [4.78, 5) is 16.3. The fourth-order valence-corrected chi connectivity index (χ4v) is 2.70. The molecular weight excluding hydrogens is 288 g/mol. The number of thiazole rings is 1. The van der Waals surface area contributed by atoms with Gasteiger partial charge in [-0.2, -0.15) is 0 Å². The molecule has 0 saturated carbocycles. The number of nitrogens with zero attached hydrogens (tertiary/aromatic N) is 4. The van der Waals surface area contributed by atoms with Crippen LogP contribution in [0.1, 0.15) is 40.2 Å². The van der Waals surface area contributed by atoms with Crippen LogP contribution in [0.2, 0.25) is 0 Å². The molecule has 6 nitrogen and oxygen atoms in total. The molecule has 0 aromatic carbocycles. The van der Waals surface area contributed by atoms with Gasteiger partial charge in [0.2, 0.25) is 0 Å². The second kappa shape index (κ2) is 7.12. The number of aromatic nitrogens is 4. The van der Waals surface area contributed by atoms with Crippen LogP contribution in [0.5, 0.6) is 0 Å². The molecule has 0 aliphatic heterocycles. The molecule has 0 amide bonds. The van der Waals surface area contributed by atoms with Gasteiger partial charge in [-0.05, 0) is 19.8 Å². The molecule has 2 aromatic heterocycles. The molecule has 0 saturated heterocycles. The van der Waals surface area contributed by atoms with Crippen LogP contribution in [-0.4, -0.2) is 32.6 Å². The summed E-state index contributed by atoms with van der Waals surface area (Å²) >= 11 is 1.65. The molecule has 112 valence electrons. The second-order valence-electron chi connectivity index (χ2n) is 4.55. The molecule has 2 heterocycles. The van der Waals surface area contributed by atoms with Crippen molar-refractivity contribution in [3.63, 3.8) is 0 Å². The number of ether oxygens (including phenoxy) is 1. The van der Waals surface area contributed by atoms with Gasteiger partial charge in [0.05, 0.1) is 22.9 Å². The first-order chi connectivity index (χ1) is 10.2. The molecule has 0 bridgehead atoms. The molecule has 0 aliphatic carbocycles. The largest absolute Gasteiger partial charge is 0.457 e. The van der Waals surface area contributed by atoms with E-state index in [4.69, 9.17) is 4.74 Å². The lowest BCUT2D eigenvalue weighted by atomic mass is 10.3. The highest BCUT2D eigenvalue weighted by Gasteiger charge is 2.18. The van der Waals surface area contributed by atoms with Crippen molar-refractivity contribution in [1.82, 2.24) is 20.0 Å². The van der Waals surface area contributed by atoms with Crippen molar-refractivity contribution in [1.29, 1.82) is 0 Å². The zero-order chi connectivity index (χ0) is 15.2. The molecule has 21 heavy (non-hydrogen) atoms. The third kappa shape index (κ3) is 3.75. The van der Waals surface area contributed by atoms with Crippen LogP contribution in [0.3, 0.4) is 0 Å². The number of carbonyl (C=O) groups excluding carboxylic acids is 1. The maximum atomic E-state index is 11.8. The summed E-state index contributed by atoms with van der Waals surface area (Å²) in [5.74, 6) is -0.483. The number of aryl methyl sites for hydroxylation is 1. The van der Waals surface area contributed by atoms with E-state index < -0.39 is 5.97 Å². The molecule has 0 spiro atoms. The van der Waals surface area contributed by atoms with Crippen LogP contribution in [-0.2, 0) is 17.7 Å². The highest BCUT2D eigenvalue weighted by Crippen LogP contribution is 2.14. The van der Waals surface area contributed by atoms with Crippen LogP contribution < -0.4 is 0 Å². The lowest BCUT2D eigenvalue weighted by molar-refractivity contribution is 0.0542. The second-order valence-corrected chi connectivity index (χ2v) is 5.49. The van der Waals surface area contributed by atoms with Gasteiger partial charge in [0.15, 0.2) is 5.69 Å². The molecule has 0 atom stereocenters. The summed E-state index contributed by atoms with van der Waals surface area (Å²) in [6.07, 6.45) is 3.58. The van der Waals surface area contributed by atoms with Gasteiger partial charge in [-0.3, -0.25) is 0 Å². The van der Waals surface area contributed by atoms with Gasteiger partial charge in [0, 0.05) is 5.38 Å². The zero-order valence-corrected chi connectivity index (χ0v) is 13.0. The predicted octanol–water partition coefficient (Wildman–Crippen LogP) is 2.39. The Morgan fingerprint density at radius 3 is 3.10 bits per heavy atom. The van der Waals surface area contributed by atoms with E-state index in [1.807, 2.05) is 5.38 Å². The Bertz CT molecular complexity index is 633. The topological polar surface area (TPSA) is 69.9 Å². The molecule has 7 heteroatoms. The van der Waals surface area contributed by atoms with Crippen LogP contribution in [0, 0.1) is 6.92 Å². The lowest BCUT2D eigenvalue weighted by Crippen LogP contribution is -2.09. The van der Waals surface area contributed by atoms with Gasteiger partial charge < -0.3 is 4.74 Å². The Balaban J connectivity index is 2.08. The van der Waals surface area contributed by atoms with Crippen LogP contribution in [0.25, 0.3) is 0 Å². The summed E-state index contributed by atoms with van der Waals surface area (Å²) in [6, 6.07) is 0. The smallest absolute Gasteiger partial charge is 0.361 e. The van der Waals surface area contributed by atoms with E-state index in [0.717, 1.165) is 23.5 Å². The standard InChI is InChI=1S/C14H18N4O2S/c1-4-6-12-15-11(9-21-12)8-18-10(3)13(16-17-18)14(19)20-7-5-2/h5,9H,2,4,6-8H2,1,3H3. The molecule has 0 unspecified atom stereocenters. The van der Waals surface area contributed by atoms with Crippen LogP contribution >= 0.6 is 11.3 Å². The first kappa shape index (κ1) is 15.4. The van der Waals surface area contributed by atoms with E-state index in [2.05, 4.69) is 28.8 Å². The van der Waals surface area contributed by atoms with Crippen LogP contribution in [0.4, 0.5) is 0 Å². The Labute approximate surface area is 127 Å². The van der Waals surface area contributed by atoms with Crippen molar-refractivity contribution in [2.75, 3.05) is 6.61 Å². The van der Waals surface area contributed by atoms with E-state index >= 15 is 0 Å². The SMILES string of the molecule is C=CCOC(=O)c1nnn(Cc2csc(CCC)n2)c1C. The third-order valence-corrected chi connectivity index (χ3v) is 3.84. The van der Waals surface area contributed by atoms with Gasteiger partial charge in [-0.1, -0.05) is 24.8 Å². The number of hydrogen-bond donors (Lipinski definition) is 0. The lowest BCUT2D eigenvalue weighted by Gasteiger charge is -2.01. The monoisotopic (exact) mass is 306 g/mol. The Morgan fingerprint density at radius 1 is 1.57 bits per heavy atom. The first-order valence-electron chi connectivity index (χ1n) is 6.77.